The van der Waals surface area contributed by atoms with Crippen LogP contribution in [-0.2, 0) is 6.42 Å². The molecule has 1 fully saturated rings. The molecular formula is C18H23N3. The van der Waals surface area contributed by atoms with Crippen molar-refractivity contribution in [1.82, 2.24) is 9.78 Å². The summed E-state index contributed by atoms with van der Waals surface area (Å²) in [5.41, 5.74) is 5.36. The van der Waals surface area contributed by atoms with E-state index in [4.69, 9.17) is 5.10 Å². The Morgan fingerprint density at radius 3 is 2.76 bits per heavy atom. The van der Waals surface area contributed by atoms with Crippen LogP contribution in [0.4, 0.5) is 5.82 Å². The largest absolute Gasteiger partial charge is 0.370 e. The lowest BCUT2D eigenvalue weighted by Crippen LogP contribution is -2.12. The number of hydrogen-bond acceptors (Lipinski definition) is 2. The fourth-order valence-electron chi connectivity index (χ4n) is 3.51. The minimum absolute atomic E-state index is 0.698. The van der Waals surface area contributed by atoms with Crippen molar-refractivity contribution in [2.24, 2.45) is 0 Å². The van der Waals surface area contributed by atoms with E-state index in [-0.39, 0.29) is 0 Å². The third-order valence-electron chi connectivity index (χ3n) is 5.00. The van der Waals surface area contributed by atoms with Crippen LogP contribution in [-0.4, -0.2) is 16.3 Å². The van der Waals surface area contributed by atoms with Crippen LogP contribution in [0.1, 0.15) is 54.8 Å². The van der Waals surface area contributed by atoms with Crippen LogP contribution in [0, 0.1) is 6.92 Å². The molecule has 0 radical (unpaired) electrons. The molecule has 1 aromatic carbocycles. The molecule has 3 nitrogen and oxygen atoms in total. The molecule has 0 saturated heterocycles. The zero-order valence-corrected chi connectivity index (χ0v) is 12.7. The van der Waals surface area contributed by atoms with E-state index in [1.54, 1.807) is 0 Å². The van der Waals surface area contributed by atoms with Crippen molar-refractivity contribution in [3.63, 3.8) is 0 Å². The van der Waals surface area contributed by atoms with Crippen LogP contribution in [0.25, 0.3) is 5.69 Å². The number of nitrogens with zero attached hydrogens (tertiary/aromatic N) is 2. The normalized spacial score (nSPS) is 18.5. The van der Waals surface area contributed by atoms with Gasteiger partial charge in [-0.3, -0.25) is 0 Å². The predicted molar refractivity (Wildman–Crippen MR) is 86.3 cm³/mol. The predicted octanol–water partition coefficient (Wildman–Crippen LogP) is 4.20. The SMILES string of the molecule is Cc1ccccc1-n1nc(C2CCC2)c2c1NCCCC2. The Labute approximate surface area is 126 Å². The lowest BCUT2D eigenvalue weighted by Gasteiger charge is -2.24. The first-order chi connectivity index (χ1) is 10.3. The molecule has 0 bridgehead atoms. The standard InChI is InChI=1S/C18H23N3/c1-13-7-2-3-11-16(13)21-18-15(10-4-5-12-19-18)17(20-21)14-8-6-9-14/h2-3,7,11,14,19H,4-6,8-10,12H2,1H3. The summed E-state index contributed by atoms with van der Waals surface area (Å²) in [7, 11) is 0. The van der Waals surface area contributed by atoms with Gasteiger partial charge >= 0.3 is 0 Å². The number of hydrogen-bond donors (Lipinski definition) is 1. The average Bonchev–Trinajstić information content (AvgIpc) is 2.63. The number of aryl methyl sites for hydroxylation is 1. The van der Waals surface area contributed by atoms with Crippen molar-refractivity contribution in [1.29, 1.82) is 0 Å². The lowest BCUT2D eigenvalue weighted by molar-refractivity contribution is 0.406. The van der Waals surface area contributed by atoms with Gasteiger partial charge in [0.2, 0.25) is 0 Å². The van der Waals surface area contributed by atoms with Crippen molar-refractivity contribution in [2.75, 3.05) is 11.9 Å². The molecule has 2 aromatic rings. The van der Waals surface area contributed by atoms with Crippen LogP contribution in [0.15, 0.2) is 24.3 Å². The van der Waals surface area contributed by atoms with Gasteiger partial charge in [0.1, 0.15) is 5.82 Å². The lowest BCUT2D eigenvalue weighted by atomic mass is 9.81. The highest BCUT2D eigenvalue weighted by atomic mass is 15.3. The van der Waals surface area contributed by atoms with Crippen LogP contribution < -0.4 is 5.32 Å². The zero-order chi connectivity index (χ0) is 14.2. The molecule has 1 aromatic heterocycles. The molecule has 1 aliphatic carbocycles. The molecule has 0 spiro atoms. The van der Waals surface area contributed by atoms with E-state index in [2.05, 4.69) is 41.2 Å². The summed E-state index contributed by atoms with van der Waals surface area (Å²) >= 11 is 0. The molecule has 1 saturated carbocycles. The molecule has 2 aliphatic rings. The second-order valence-electron chi connectivity index (χ2n) is 6.42. The van der Waals surface area contributed by atoms with Crippen LogP contribution >= 0.6 is 0 Å². The fraction of sp³-hybridized carbons (Fsp3) is 0.500. The van der Waals surface area contributed by atoms with Gasteiger partial charge in [-0.1, -0.05) is 24.6 Å². The topological polar surface area (TPSA) is 29.9 Å². The number of benzene rings is 1. The van der Waals surface area contributed by atoms with Gasteiger partial charge in [0.15, 0.2) is 0 Å². The number of aromatic nitrogens is 2. The van der Waals surface area contributed by atoms with Gasteiger partial charge in [-0.15, -0.1) is 0 Å². The zero-order valence-electron chi connectivity index (χ0n) is 12.7. The first-order valence-corrected chi connectivity index (χ1v) is 8.26. The third-order valence-corrected chi connectivity index (χ3v) is 5.00. The molecule has 21 heavy (non-hydrogen) atoms. The molecule has 2 heterocycles. The van der Waals surface area contributed by atoms with Gasteiger partial charge in [-0.25, -0.2) is 4.68 Å². The summed E-state index contributed by atoms with van der Waals surface area (Å²) in [4.78, 5) is 0. The molecule has 1 aliphatic heterocycles. The summed E-state index contributed by atoms with van der Waals surface area (Å²) in [5.74, 6) is 1.95. The van der Waals surface area contributed by atoms with Crippen molar-refractivity contribution < 1.29 is 0 Å². The molecule has 4 rings (SSSR count). The number of fused-ring (bicyclic) bond motifs is 1. The summed E-state index contributed by atoms with van der Waals surface area (Å²) < 4.78 is 2.17. The quantitative estimate of drug-likeness (QED) is 0.894. The molecule has 0 unspecified atom stereocenters. The van der Waals surface area contributed by atoms with Crippen molar-refractivity contribution >= 4 is 5.82 Å². The van der Waals surface area contributed by atoms with E-state index in [0.717, 1.165) is 6.54 Å². The second-order valence-corrected chi connectivity index (χ2v) is 6.42. The van der Waals surface area contributed by atoms with Crippen LogP contribution in [0.3, 0.4) is 0 Å². The highest BCUT2D eigenvalue weighted by Gasteiger charge is 2.29. The van der Waals surface area contributed by atoms with E-state index in [0.29, 0.717) is 5.92 Å². The highest BCUT2D eigenvalue weighted by molar-refractivity contribution is 5.56. The van der Waals surface area contributed by atoms with Crippen molar-refractivity contribution in [3.05, 3.63) is 41.1 Å². The van der Waals surface area contributed by atoms with E-state index in [1.165, 1.54) is 66.9 Å². The van der Waals surface area contributed by atoms with Gasteiger partial charge in [0, 0.05) is 18.0 Å². The second kappa shape index (κ2) is 5.21. The minimum Gasteiger partial charge on any atom is -0.370 e. The summed E-state index contributed by atoms with van der Waals surface area (Å²) in [6.07, 6.45) is 7.71. The van der Waals surface area contributed by atoms with E-state index >= 15 is 0 Å². The molecule has 0 amide bonds. The van der Waals surface area contributed by atoms with Crippen LogP contribution in [0.5, 0.6) is 0 Å². The van der Waals surface area contributed by atoms with Crippen molar-refractivity contribution in [2.45, 2.75) is 51.4 Å². The number of nitrogens with one attached hydrogen (secondary N) is 1. The number of para-hydroxylation sites is 1. The van der Waals surface area contributed by atoms with Crippen LogP contribution in [0.2, 0.25) is 0 Å². The minimum atomic E-state index is 0.698. The summed E-state index contributed by atoms with van der Waals surface area (Å²) in [5, 5.41) is 8.68. The molecule has 1 N–H and O–H groups in total. The maximum absolute atomic E-state index is 5.04. The summed E-state index contributed by atoms with van der Waals surface area (Å²) in [6.45, 7) is 3.23. The first-order valence-electron chi connectivity index (χ1n) is 8.26. The van der Waals surface area contributed by atoms with E-state index < -0.39 is 0 Å². The Hall–Kier alpha value is -1.77. The molecule has 3 heteroatoms. The van der Waals surface area contributed by atoms with Crippen molar-refractivity contribution in [3.8, 4) is 5.69 Å². The summed E-state index contributed by atoms with van der Waals surface area (Å²) in [6, 6.07) is 8.56. The number of anilines is 1. The molecule has 110 valence electrons. The number of rotatable bonds is 2. The van der Waals surface area contributed by atoms with Gasteiger partial charge in [0.25, 0.3) is 0 Å². The Balaban J connectivity index is 1.87. The Morgan fingerprint density at radius 2 is 2.00 bits per heavy atom. The maximum atomic E-state index is 5.04. The molecule has 0 atom stereocenters. The highest BCUT2D eigenvalue weighted by Crippen LogP contribution is 2.41. The maximum Gasteiger partial charge on any atom is 0.133 e. The van der Waals surface area contributed by atoms with Gasteiger partial charge in [0.05, 0.1) is 11.4 Å². The third kappa shape index (κ3) is 2.15. The first kappa shape index (κ1) is 12.9. The van der Waals surface area contributed by atoms with Gasteiger partial charge in [-0.2, -0.15) is 5.10 Å². The smallest absolute Gasteiger partial charge is 0.133 e. The average molecular weight is 281 g/mol. The van der Waals surface area contributed by atoms with E-state index in [9.17, 15) is 0 Å². The fourth-order valence-corrected chi connectivity index (χ4v) is 3.51. The van der Waals surface area contributed by atoms with E-state index in [1.807, 2.05) is 0 Å². The van der Waals surface area contributed by atoms with Gasteiger partial charge in [-0.05, 0) is 50.7 Å². The molecular weight excluding hydrogens is 258 g/mol. The Morgan fingerprint density at radius 1 is 1.14 bits per heavy atom. The van der Waals surface area contributed by atoms with Gasteiger partial charge < -0.3 is 5.32 Å². The Bertz CT molecular complexity index is 652. The Kier molecular flexibility index (Phi) is 3.21. The monoisotopic (exact) mass is 281 g/mol.